The van der Waals surface area contributed by atoms with Gasteiger partial charge in [0.2, 0.25) is 0 Å². The molecule has 1 radical (unpaired) electrons. The summed E-state index contributed by atoms with van der Waals surface area (Å²) in [5.41, 5.74) is 6.30. The van der Waals surface area contributed by atoms with E-state index in [4.69, 9.17) is 14.6 Å². The summed E-state index contributed by atoms with van der Waals surface area (Å²) >= 11 is 0. The number of hydrogen-bond acceptors (Lipinski definition) is 5. The average Bonchev–Trinajstić information content (AvgIpc) is 3.43. The number of carbonyl (C=O) groups excluding carboxylic acids is 2. The van der Waals surface area contributed by atoms with E-state index in [0.717, 1.165) is 47.3 Å². The van der Waals surface area contributed by atoms with Crippen molar-refractivity contribution in [3.8, 4) is 16.9 Å². The van der Waals surface area contributed by atoms with Crippen LogP contribution in [0.3, 0.4) is 0 Å². The predicted molar refractivity (Wildman–Crippen MR) is 138 cm³/mol. The maximum Gasteiger partial charge on any atom is 0.332 e. The molecule has 8 heteroatoms. The number of rotatable bonds is 9. The van der Waals surface area contributed by atoms with E-state index < -0.39 is 0 Å². The molecule has 0 bridgehead atoms. The third kappa shape index (κ3) is 6.95. The summed E-state index contributed by atoms with van der Waals surface area (Å²) in [4.78, 5) is 25.1. The van der Waals surface area contributed by atoms with E-state index in [0.29, 0.717) is 18.9 Å². The van der Waals surface area contributed by atoms with Crippen LogP contribution in [0, 0.1) is 32.8 Å². The van der Waals surface area contributed by atoms with Crippen molar-refractivity contribution in [3.05, 3.63) is 70.9 Å². The quantitative estimate of drug-likeness (QED) is 0.294. The van der Waals surface area contributed by atoms with Gasteiger partial charge in [0, 0.05) is 50.2 Å². The molecule has 7 nitrogen and oxygen atoms in total. The van der Waals surface area contributed by atoms with E-state index >= 15 is 0 Å². The fourth-order valence-electron chi connectivity index (χ4n) is 4.97. The molecule has 1 N–H and O–H groups in total. The van der Waals surface area contributed by atoms with Gasteiger partial charge in [-0.1, -0.05) is 24.1 Å². The topological polar surface area (TPSA) is 82.4 Å². The zero-order valence-electron chi connectivity index (χ0n) is 22.0. The molecular formula is C29H34N3O4Y-. The van der Waals surface area contributed by atoms with E-state index in [2.05, 4.69) is 37.4 Å². The molecule has 1 fully saturated rings. The number of nitrogens with one attached hydrogen (secondary N) is 1. The minimum atomic E-state index is -0.366. The largest absolute Gasteiger partial charge is 0.464 e. The zero-order valence-corrected chi connectivity index (χ0v) is 24.9. The second-order valence-corrected chi connectivity index (χ2v) is 9.40. The third-order valence-corrected chi connectivity index (χ3v) is 6.74. The molecule has 193 valence electrons. The number of aryl methyl sites for hydroxylation is 2. The van der Waals surface area contributed by atoms with Gasteiger partial charge in [0.05, 0.1) is 24.6 Å². The van der Waals surface area contributed by atoms with Gasteiger partial charge in [0.15, 0.2) is 5.69 Å². The summed E-state index contributed by atoms with van der Waals surface area (Å²) < 4.78 is 12.4. The Morgan fingerprint density at radius 2 is 1.89 bits per heavy atom. The first kappa shape index (κ1) is 29.2. The summed E-state index contributed by atoms with van der Waals surface area (Å²) in [7, 11) is 0. The van der Waals surface area contributed by atoms with Gasteiger partial charge >= 0.3 is 5.97 Å². The number of amides is 1. The molecule has 37 heavy (non-hydrogen) atoms. The van der Waals surface area contributed by atoms with E-state index in [1.54, 1.807) is 6.92 Å². The zero-order chi connectivity index (χ0) is 25.7. The number of benzene rings is 2. The van der Waals surface area contributed by atoms with Crippen molar-refractivity contribution in [3.63, 3.8) is 0 Å². The number of ether oxygens (including phenoxy) is 2. The Hall–Kier alpha value is -2.35. The molecule has 3 aromatic rings. The normalized spacial score (nSPS) is 16.8. The van der Waals surface area contributed by atoms with Crippen molar-refractivity contribution in [2.75, 3.05) is 19.8 Å². The molecule has 1 aliphatic rings. The molecule has 0 aliphatic heterocycles. The monoisotopic (exact) mass is 577 g/mol. The molecule has 1 aromatic heterocycles. The molecule has 1 amide bonds. The standard InChI is InChI=1S/C29H34N3O4.Y/c1-5-36-26(33)18-35-17-23-12-9-13-24(23)30-29(34)27-21(4)28(22-10-7-6-8-11-22)32(31-27)25-15-14-19(2)16-20(25)3;/h7-8,10-11,14-16,23-24H,5,9,12-13,17-18H2,1-4H3,(H,30,34);/q-1;. The number of carbonyl (C=O) groups is 2. The summed E-state index contributed by atoms with van der Waals surface area (Å²) in [6.45, 7) is 8.51. The molecule has 4 rings (SSSR count). The molecule has 2 unspecified atom stereocenters. The van der Waals surface area contributed by atoms with Crippen LogP contribution in [0.4, 0.5) is 0 Å². The van der Waals surface area contributed by atoms with Crippen LogP contribution in [0.15, 0.2) is 42.5 Å². The number of hydrogen-bond donors (Lipinski definition) is 1. The molecule has 1 heterocycles. The van der Waals surface area contributed by atoms with Crippen LogP contribution in [-0.2, 0) is 47.0 Å². The molecule has 2 aromatic carbocycles. The first-order valence-corrected chi connectivity index (χ1v) is 12.6. The molecule has 0 spiro atoms. The average molecular weight is 578 g/mol. The second-order valence-electron chi connectivity index (χ2n) is 9.40. The van der Waals surface area contributed by atoms with Gasteiger partial charge in [0.25, 0.3) is 5.91 Å². The molecular weight excluding hydrogens is 543 g/mol. The van der Waals surface area contributed by atoms with Gasteiger partial charge in [-0.05, 0) is 52.2 Å². The van der Waals surface area contributed by atoms with Gasteiger partial charge in [-0.25, -0.2) is 9.48 Å². The Labute approximate surface area is 244 Å². The van der Waals surface area contributed by atoms with Crippen LogP contribution >= 0.6 is 0 Å². The summed E-state index contributed by atoms with van der Waals surface area (Å²) in [5.74, 6) is -0.411. The summed E-state index contributed by atoms with van der Waals surface area (Å²) in [6.07, 6.45) is 2.81. The number of esters is 1. The summed E-state index contributed by atoms with van der Waals surface area (Å²) in [5, 5.41) is 8.02. The van der Waals surface area contributed by atoms with Gasteiger partial charge in [-0.15, -0.1) is 5.56 Å². The molecule has 1 aliphatic carbocycles. The van der Waals surface area contributed by atoms with Crippen LogP contribution in [0.2, 0.25) is 0 Å². The Morgan fingerprint density at radius 1 is 1.14 bits per heavy atom. The van der Waals surface area contributed by atoms with E-state index in [9.17, 15) is 9.59 Å². The number of nitrogens with zero attached hydrogens (tertiary/aromatic N) is 2. The van der Waals surface area contributed by atoms with Gasteiger partial charge in [0.1, 0.15) is 6.61 Å². The van der Waals surface area contributed by atoms with Gasteiger partial charge in [-0.2, -0.15) is 35.4 Å². The molecule has 0 saturated heterocycles. The maximum absolute atomic E-state index is 13.5. The predicted octanol–water partition coefficient (Wildman–Crippen LogP) is 4.74. The van der Waals surface area contributed by atoms with Crippen LogP contribution in [0.25, 0.3) is 16.9 Å². The minimum absolute atomic E-state index is 0. The minimum Gasteiger partial charge on any atom is -0.464 e. The number of aromatic nitrogens is 2. The SMILES string of the molecule is CCOC(=O)COCC1CCCC1NC(=O)c1nn(-c2ccc(C)cc2C)c(-c2cc[c-]cc2)c1C.[Y]. The Morgan fingerprint density at radius 3 is 2.59 bits per heavy atom. The first-order chi connectivity index (χ1) is 17.4. The summed E-state index contributed by atoms with van der Waals surface area (Å²) in [6, 6.07) is 17.0. The van der Waals surface area contributed by atoms with E-state index in [1.807, 2.05) is 41.9 Å². The smallest absolute Gasteiger partial charge is 0.332 e. The Balaban J connectivity index is 0.00000380. The molecule has 2 atom stereocenters. The van der Waals surface area contributed by atoms with Crippen molar-refractivity contribution < 1.29 is 51.8 Å². The van der Waals surface area contributed by atoms with Crippen molar-refractivity contribution in [2.45, 2.75) is 53.0 Å². The van der Waals surface area contributed by atoms with E-state index in [-0.39, 0.29) is 63.2 Å². The van der Waals surface area contributed by atoms with Crippen molar-refractivity contribution >= 4 is 11.9 Å². The van der Waals surface area contributed by atoms with Crippen molar-refractivity contribution in [1.82, 2.24) is 15.1 Å². The Bertz CT molecular complexity index is 1230. The van der Waals surface area contributed by atoms with Crippen LogP contribution in [0.1, 0.15) is 53.4 Å². The van der Waals surface area contributed by atoms with Gasteiger partial charge in [-0.3, -0.25) is 4.79 Å². The fourth-order valence-corrected chi connectivity index (χ4v) is 4.97. The first-order valence-electron chi connectivity index (χ1n) is 12.6. The van der Waals surface area contributed by atoms with Crippen LogP contribution < -0.4 is 5.32 Å². The van der Waals surface area contributed by atoms with Crippen LogP contribution in [0.5, 0.6) is 0 Å². The van der Waals surface area contributed by atoms with Gasteiger partial charge < -0.3 is 14.8 Å². The fraction of sp³-hybridized carbons (Fsp3) is 0.414. The van der Waals surface area contributed by atoms with Crippen LogP contribution in [-0.4, -0.2) is 47.5 Å². The van der Waals surface area contributed by atoms with E-state index in [1.165, 1.54) is 5.56 Å². The maximum atomic E-state index is 13.5. The van der Waals surface area contributed by atoms with Crippen molar-refractivity contribution in [2.24, 2.45) is 5.92 Å². The Kier molecular flexibility index (Phi) is 10.6. The third-order valence-electron chi connectivity index (χ3n) is 6.74. The van der Waals surface area contributed by atoms with Crippen molar-refractivity contribution in [1.29, 1.82) is 0 Å². The second kappa shape index (κ2) is 13.4. The molecule has 1 saturated carbocycles.